The lowest BCUT2D eigenvalue weighted by Gasteiger charge is -2.26. The maximum atomic E-state index is 11.9. The quantitative estimate of drug-likeness (QED) is 0.873. The number of amides is 3. The van der Waals surface area contributed by atoms with Gasteiger partial charge in [-0.1, -0.05) is 6.92 Å². The highest BCUT2D eigenvalue weighted by Crippen LogP contribution is 2.10. The number of anilines is 1. The number of carbonyl (C=O) groups excluding carboxylic acids is 2. The standard InChI is InChI=1S/C16H26N4O3/c1-12(11-20(5)15(22)23-16(2,3)4)9-18-14(21)19-13-7-6-8-17-10-13/h6-8,10,12H,9,11H2,1-5H3,(H2,18,19,21)/t12-/m0/s1. The molecule has 1 atom stereocenters. The smallest absolute Gasteiger partial charge is 0.410 e. The van der Waals surface area contributed by atoms with Crippen LogP contribution in [-0.4, -0.2) is 47.7 Å². The monoisotopic (exact) mass is 322 g/mol. The number of urea groups is 1. The van der Waals surface area contributed by atoms with Crippen molar-refractivity contribution in [2.24, 2.45) is 5.92 Å². The zero-order valence-electron chi connectivity index (χ0n) is 14.4. The molecule has 0 aliphatic heterocycles. The average Bonchev–Trinajstić information content (AvgIpc) is 2.44. The third kappa shape index (κ3) is 8.04. The second kappa shape index (κ2) is 8.36. The first-order valence-corrected chi connectivity index (χ1v) is 7.56. The van der Waals surface area contributed by atoms with E-state index in [1.807, 2.05) is 27.7 Å². The molecule has 0 saturated heterocycles. The highest BCUT2D eigenvalue weighted by molar-refractivity contribution is 5.88. The van der Waals surface area contributed by atoms with Crippen LogP contribution in [0.5, 0.6) is 0 Å². The van der Waals surface area contributed by atoms with E-state index in [1.54, 1.807) is 31.6 Å². The minimum atomic E-state index is -0.517. The zero-order chi connectivity index (χ0) is 17.5. The molecular formula is C16H26N4O3. The Morgan fingerprint density at radius 2 is 2.09 bits per heavy atom. The second-order valence-corrected chi connectivity index (χ2v) is 6.54. The summed E-state index contributed by atoms with van der Waals surface area (Å²) in [4.78, 5) is 29.1. The van der Waals surface area contributed by atoms with Crippen LogP contribution in [0.2, 0.25) is 0 Å². The highest BCUT2D eigenvalue weighted by Gasteiger charge is 2.20. The summed E-state index contributed by atoms with van der Waals surface area (Å²) in [7, 11) is 1.68. The predicted molar refractivity (Wildman–Crippen MR) is 89.3 cm³/mol. The normalized spacial score (nSPS) is 12.2. The Balaban J connectivity index is 2.32. The molecule has 0 fully saturated rings. The van der Waals surface area contributed by atoms with Gasteiger partial charge in [-0.3, -0.25) is 4.98 Å². The van der Waals surface area contributed by atoms with Crippen LogP contribution in [0.3, 0.4) is 0 Å². The van der Waals surface area contributed by atoms with Gasteiger partial charge in [0.2, 0.25) is 0 Å². The molecule has 0 aliphatic rings. The van der Waals surface area contributed by atoms with Gasteiger partial charge < -0.3 is 20.3 Å². The van der Waals surface area contributed by atoms with Crippen molar-refractivity contribution in [2.45, 2.75) is 33.3 Å². The molecule has 7 heteroatoms. The first-order chi connectivity index (χ1) is 10.7. The molecule has 0 unspecified atom stereocenters. The molecule has 0 spiro atoms. The summed E-state index contributed by atoms with van der Waals surface area (Å²) in [6, 6.07) is 3.20. The van der Waals surface area contributed by atoms with Crippen molar-refractivity contribution in [1.82, 2.24) is 15.2 Å². The molecule has 1 rings (SSSR count). The van der Waals surface area contributed by atoms with Gasteiger partial charge in [0, 0.05) is 26.3 Å². The highest BCUT2D eigenvalue weighted by atomic mass is 16.6. The molecule has 0 aromatic carbocycles. The van der Waals surface area contributed by atoms with Crippen LogP contribution < -0.4 is 10.6 Å². The van der Waals surface area contributed by atoms with E-state index in [0.29, 0.717) is 18.8 Å². The number of ether oxygens (including phenoxy) is 1. The van der Waals surface area contributed by atoms with Crippen LogP contribution in [0.1, 0.15) is 27.7 Å². The van der Waals surface area contributed by atoms with Gasteiger partial charge in [0.15, 0.2) is 0 Å². The summed E-state index contributed by atoms with van der Waals surface area (Å²) in [5.41, 5.74) is 0.111. The van der Waals surface area contributed by atoms with Gasteiger partial charge >= 0.3 is 12.1 Å². The lowest BCUT2D eigenvalue weighted by atomic mass is 10.1. The van der Waals surface area contributed by atoms with E-state index in [2.05, 4.69) is 15.6 Å². The van der Waals surface area contributed by atoms with Gasteiger partial charge in [-0.15, -0.1) is 0 Å². The van der Waals surface area contributed by atoms with E-state index in [1.165, 1.54) is 4.90 Å². The fraction of sp³-hybridized carbons (Fsp3) is 0.562. The molecule has 3 amide bonds. The summed E-state index contributed by atoms with van der Waals surface area (Å²) in [6.07, 6.45) is 2.83. The number of hydrogen-bond donors (Lipinski definition) is 2. The maximum absolute atomic E-state index is 11.9. The topological polar surface area (TPSA) is 83.6 Å². The van der Waals surface area contributed by atoms with E-state index in [9.17, 15) is 9.59 Å². The number of nitrogens with one attached hydrogen (secondary N) is 2. The Labute approximate surface area is 137 Å². The largest absolute Gasteiger partial charge is 0.444 e. The van der Waals surface area contributed by atoms with Crippen LogP contribution in [-0.2, 0) is 4.74 Å². The molecule has 0 bridgehead atoms. The third-order valence-electron chi connectivity index (χ3n) is 2.82. The summed E-state index contributed by atoms with van der Waals surface area (Å²) >= 11 is 0. The Bertz CT molecular complexity index is 514. The Kier molecular flexibility index (Phi) is 6.81. The molecule has 1 heterocycles. The molecule has 23 heavy (non-hydrogen) atoms. The average molecular weight is 322 g/mol. The molecule has 1 aromatic rings. The predicted octanol–water partition coefficient (Wildman–Crippen LogP) is 2.71. The van der Waals surface area contributed by atoms with Crippen molar-refractivity contribution in [2.75, 3.05) is 25.5 Å². The minimum Gasteiger partial charge on any atom is -0.444 e. The van der Waals surface area contributed by atoms with Crippen molar-refractivity contribution < 1.29 is 14.3 Å². The number of rotatable bonds is 5. The summed E-state index contributed by atoms with van der Waals surface area (Å²) in [5.74, 6) is 0.0900. The maximum Gasteiger partial charge on any atom is 0.410 e. The van der Waals surface area contributed by atoms with Crippen LogP contribution in [0.4, 0.5) is 15.3 Å². The molecular weight excluding hydrogens is 296 g/mol. The van der Waals surface area contributed by atoms with Crippen LogP contribution in [0, 0.1) is 5.92 Å². The molecule has 2 N–H and O–H groups in total. The minimum absolute atomic E-state index is 0.0900. The summed E-state index contributed by atoms with van der Waals surface area (Å²) < 4.78 is 5.29. The van der Waals surface area contributed by atoms with Gasteiger partial charge in [-0.25, -0.2) is 9.59 Å². The fourth-order valence-corrected chi connectivity index (χ4v) is 1.83. The molecule has 0 aliphatic carbocycles. The van der Waals surface area contributed by atoms with E-state index in [-0.39, 0.29) is 18.0 Å². The molecule has 7 nitrogen and oxygen atoms in total. The molecule has 0 radical (unpaired) electrons. The Morgan fingerprint density at radius 3 is 2.65 bits per heavy atom. The van der Waals surface area contributed by atoms with Crippen molar-refractivity contribution in [3.8, 4) is 0 Å². The summed E-state index contributed by atoms with van der Waals surface area (Å²) in [6.45, 7) is 8.36. The van der Waals surface area contributed by atoms with Gasteiger partial charge in [-0.2, -0.15) is 0 Å². The van der Waals surface area contributed by atoms with Crippen LogP contribution in [0.25, 0.3) is 0 Å². The van der Waals surface area contributed by atoms with Gasteiger partial charge in [0.25, 0.3) is 0 Å². The van der Waals surface area contributed by atoms with Crippen molar-refractivity contribution >= 4 is 17.8 Å². The SMILES string of the molecule is C[C@@H](CNC(=O)Nc1cccnc1)CN(C)C(=O)OC(C)(C)C. The van der Waals surface area contributed by atoms with Crippen molar-refractivity contribution in [1.29, 1.82) is 0 Å². The van der Waals surface area contributed by atoms with E-state index in [4.69, 9.17) is 4.74 Å². The Hall–Kier alpha value is -2.31. The number of aromatic nitrogens is 1. The van der Waals surface area contributed by atoms with Crippen molar-refractivity contribution in [3.05, 3.63) is 24.5 Å². The first-order valence-electron chi connectivity index (χ1n) is 7.56. The van der Waals surface area contributed by atoms with Gasteiger partial charge in [-0.05, 0) is 38.8 Å². The van der Waals surface area contributed by atoms with Crippen LogP contribution in [0.15, 0.2) is 24.5 Å². The number of carbonyl (C=O) groups is 2. The number of hydrogen-bond acceptors (Lipinski definition) is 4. The summed E-state index contributed by atoms with van der Waals surface area (Å²) in [5, 5.41) is 5.45. The van der Waals surface area contributed by atoms with Gasteiger partial charge in [0.1, 0.15) is 5.60 Å². The lowest BCUT2D eigenvalue weighted by Crippen LogP contribution is -2.40. The first kappa shape index (κ1) is 18.7. The molecule has 1 aromatic heterocycles. The van der Waals surface area contributed by atoms with Crippen LogP contribution >= 0.6 is 0 Å². The van der Waals surface area contributed by atoms with Gasteiger partial charge in [0.05, 0.1) is 11.9 Å². The third-order valence-corrected chi connectivity index (χ3v) is 2.82. The lowest BCUT2D eigenvalue weighted by molar-refractivity contribution is 0.0278. The number of nitrogens with zero attached hydrogens (tertiary/aromatic N) is 2. The van der Waals surface area contributed by atoms with E-state index < -0.39 is 5.60 Å². The van der Waals surface area contributed by atoms with E-state index >= 15 is 0 Å². The molecule has 128 valence electrons. The molecule has 0 saturated carbocycles. The zero-order valence-corrected chi connectivity index (χ0v) is 14.4. The van der Waals surface area contributed by atoms with Crippen molar-refractivity contribution in [3.63, 3.8) is 0 Å². The Morgan fingerprint density at radius 1 is 1.39 bits per heavy atom. The number of pyridine rings is 1. The van der Waals surface area contributed by atoms with E-state index in [0.717, 1.165) is 0 Å². The fourth-order valence-electron chi connectivity index (χ4n) is 1.83. The second-order valence-electron chi connectivity index (χ2n) is 6.54.